The molecule has 1 aromatic carbocycles. The Labute approximate surface area is 231 Å². The van der Waals surface area contributed by atoms with Crippen molar-refractivity contribution in [3.63, 3.8) is 0 Å². The van der Waals surface area contributed by atoms with E-state index in [-0.39, 0.29) is 23.6 Å². The third-order valence-electron chi connectivity index (χ3n) is 9.68. The van der Waals surface area contributed by atoms with Gasteiger partial charge in [0, 0.05) is 57.2 Å². The zero-order valence-electron chi connectivity index (χ0n) is 24.6. The average molecular weight is 526 g/mol. The van der Waals surface area contributed by atoms with Crippen LogP contribution in [-0.2, 0) is 4.74 Å². The topological polar surface area (TPSA) is 53.1 Å². The smallest absolute Gasteiger partial charge is 0.410 e. The Morgan fingerprint density at radius 2 is 1.68 bits per heavy atom. The Hall–Kier alpha value is -2.08. The molecule has 6 heteroatoms. The number of nitrogens with zero attached hydrogens (tertiary/aromatic N) is 3. The largest absolute Gasteiger partial charge is 0.440 e. The van der Waals surface area contributed by atoms with E-state index >= 15 is 0 Å². The van der Waals surface area contributed by atoms with Crippen molar-refractivity contribution in [1.82, 2.24) is 14.7 Å². The first-order chi connectivity index (χ1) is 18.3. The van der Waals surface area contributed by atoms with Crippen molar-refractivity contribution in [3.05, 3.63) is 34.9 Å². The van der Waals surface area contributed by atoms with Crippen LogP contribution < -0.4 is 0 Å². The van der Waals surface area contributed by atoms with Crippen molar-refractivity contribution in [1.29, 1.82) is 0 Å². The van der Waals surface area contributed by atoms with Crippen molar-refractivity contribution in [2.45, 2.75) is 117 Å². The van der Waals surface area contributed by atoms with Crippen LogP contribution in [-0.4, -0.2) is 77.1 Å². The lowest BCUT2D eigenvalue weighted by atomic mass is 9.80. The molecule has 3 aliphatic heterocycles. The minimum Gasteiger partial charge on any atom is -0.440 e. The molecule has 212 valence electrons. The van der Waals surface area contributed by atoms with Crippen LogP contribution in [0.1, 0.15) is 106 Å². The zero-order valence-corrected chi connectivity index (χ0v) is 24.6. The number of benzene rings is 1. The number of aryl methyl sites for hydroxylation is 2. The minimum atomic E-state index is -0.327. The number of rotatable bonds is 10. The Morgan fingerprint density at radius 1 is 1.03 bits per heavy atom. The monoisotopic (exact) mass is 525 g/mol. The summed E-state index contributed by atoms with van der Waals surface area (Å²) in [5, 5.41) is 0. The first kappa shape index (κ1) is 28.9. The van der Waals surface area contributed by atoms with E-state index in [4.69, 9.17) is 4.74 Å². The third kappa shape index (κ3) is 6.05. The molecule has 0 saturated carbocycles. The van der Waals surface area contributed by atoms with Crippen LogP contribution in [0.25, 0.3) is 0 Å². The first-order valence-corrected chi connectivity index (χ1v) is 15.4. The van der Waals surface area contributed by atoms with Crippen molar-refractivity contribution in [3.8, 4) is 0 Å². The van der Waals surface area contributed by atoms with E-state index in [0.29, 0.717) is 12.0 Å². The molecular formula is C32H51N3O3. The molecule has 0 aromatic heterocycles. The highest BCUT2D eigenvalue weighted by atomic mass is 16.6. The highest BCUT2D eigenvalue weighted by Gasteiger charge is 2.55. The van der Waals surface area contributed by atoms with Gasteiger partial charge in [0.1, 0.15) is 5.60 Å². The lowest BCUT2D eigenvalue weighted by Crippen LogP contribution is -2.56. The number of hydrogen-bond acceptors (Lipinski definition) is 4. The van der Waals surface area contributed by atoms with Crippen LogP contribution in [0.5, 0.6) is 0 Å². The van der Waals surface area contributed by atoms with Gasteiger partial charge in [-0.15, -0.1) is 0 Å². The maximum Gasteiger partial charge on any atom is 0.410 e. The van der Waals surface area contributed by atoms with Gasteiger partial charge in [0.15, 0.2) is 0 Å². The molecule has 1 aromatic rings. The molecule has 2 atom stereocenters. The molecular weight excluding hydrogens is 474 g/mol. The third-order valence-corrected chi connectivity index (χ3v) is 9.68. The maximum absolute atomic E-state index is 13.3. The van der Waals surface area contributed by atoms with Crippen molar-refractivity contribution in [2.75, 3.05) is 32.7 Å². The minimum absolute atomic E-state index is 0.0765. The summed E-state index contributed by atoms with van der Waals surface area (Å²) in [5.74, 6) is 0.741. The molecule has 0 radical (unpaired) electrons. The van der Waals surface area contributed by atoms with Crippen LogP contribution in [0, 0.1) is 19.8 Å². The van der Waals surface area contributed by atoms with Gasteiger partial charge in [0.05, 0.1) is 6.04 Å². The van der Waals surface area contributed by atoms with E-state index in [1.54, 1.807) is 0 Å². The SMILES string of the molecule is CCCC[C@@H]1N(CC(CC)CCC)C(=O)OC12CCN(C1CCN(C(=O)c3c(C)cccc3C)CC1)CC2. The molecule has 0 N–H and O–H groups in total. The molecule has 0 bridgehead atoms. The van der Waals surface area contributed by atoms with Crippen LogP contribution in [0.3, 0.4) is 0 Å². The van der Waals surface area contributed by atoms with Gasteiger partial charge >= 0.3 is 6.09 Å². The fourth-order valence-corrected chi connectivity index (χ4v) is 7.29. The number of likely N-dealkylation sites (tertiary alicyclic amines) is 2. The Balaban J connectivity index is 1.36. The quantitative estimate of drug-likeness (QED) is 0.346. The lowest BCUT2D eigenvalue weighted by Gasteiger charge is -2.46. The second-order valence-electron chi connectivity index (χ2n) is 12.1. The van der Waals surface area contributed by atoms with Gasteiger partial charge in [-0.05, 0) is 56.6 Å². The van der Waals surface area contributed by atoms with Gasteiger partial charge in [-0.25, -0.2) is 4.79 Å². The van der Waals surface area contributed by atoms with E-state index in [0.717, 1.165) is 107 Å². The van der Waals surface area contributed by atoms with Gasteiger partial charge in [-0.3, -0.25) is 9.69 Å². The normalized spacial score (nSPS) is 23.2. The van der Waals surface area contributed by atoms with E-state index in [1.165, 1.54) is 6.42 Å². The molecule has 3 fully saturated rings. The standard InChI is InChI=1S/C32H51N3O3/c1-6-9-14-28-32(38-31(37)35(28)23-26(8-3)11-7-2)17-21-33(22-18-32)27-15-19-34(20-16-27)30(36)29-24(4)12-10-13-25(29)5/h10,12-13,26-28H,6-9,11,14-23H2,1-5H3/t26?,28-/m0/s1. The average Bonchev–Trinajstić information content (AvgIpc) is 3.16. The maximum atomic E-state index is 13.3. The molecule has 2 amide bonds. The van der Waals surface area contributed by atoms with Gasteiger partial charge < -0.3 is 14.5 Å². The van der Waals surface area contributed by atoms with E-state index < -0.39 is 0 Å². The number of carbonyl (C=O) groups excluding carboxylic acids is 2. The van der Waals surface area contributed by atoms with Gasteiger partial charge in [0.25, 0.3) is 5.91 Å². The number of piperidine rings is 2. The summed E-state index contributed by atoms with van der Waals surface area (Å²) in [4.78, 5) is 33.2. The summed E-state index contributed by atoms with van der Waals surface area (Å²) < 4.78 is 6.30. The second kappa shape index (κ2) is 12.8. The van der Waals surface area contributed by atoms with E-state index in [1.807, 2.05) is 32.0 Å². The Kier molecular flexibility index (Phi) is 9.78. The van der Waals surface area contributed by atoms with Crippen molar-refractivity contribution in [2.24, 2.45) is 5.92 Å². The molecule has 1 unspecified atom stereocenters. The summed E-state index contributed by atoms with van der Waals surface area (Å²) >= 11 is 0. The summed E-state index contributed by atoms with van der Waals surface area (Å²) in [6.07, 6.45) is 10.6. The number of carbonyl (C=O) groups is 2. The number of hydrogen-bond donors (Lipinski definition) is 0. The summed E-state index contributed by atoms with van der Waals surface area (Å²) in [6.45, 7) is 15.2. The van der Waals surface area contributed by atoms with Crippen LogP contribution in [0.15, 0.2) is 18.2 Å². The van der Waals surface area contributed by atoms with Crippen LogP contribution >= 0.6 is 0 Å². The molecule has 38 heavy (non-hydrogen) atoms. The van der Waals surface area contributed by atoms with Gasteiger partial charge in [-0.2, -0.15) is 0 Å². The Morgan fingerprint density at radius 3 is 2.26 bits per heavy atom. The Bertz CT molecular complexity index is 927. The van der Waals surface area contributed by atoms with E-state index in [9.17, 15) is 9.59 Å². The molecule has 3 heterocycles. The number of ether oxygens (including phenoxy) is 1. The lowest BCUT2D eigenvalue weighted by molar-refractivity contribution is -0.0385. The predicted octanol–water partition coefficient (Wildman–Crippen LogP) is 6.58. The van der Waals surface area contributed by atoms with E-state index in [2.05, 4.69) is 35.5 Å². The van der Waals surface area contributed by atoms with Crippen LogP contribution in [0.4, 0.5) is 4.79 Å². The molecule has 0 aliphatic carbocycles. The molecule has 3 aliphatic rings. The summed E-state index contributed by atoms with van der Waals surface area (Å²) in [7, 11) is 0. The molecule has 4 rings (SSSR count). The fraction of sp³-hybridized carbons (Fsp3) is 0.750. The number of unbranched alkanes of at least 4 members (excludes halogenated alkanes) is 1. The first-order valence-electron chi connectivity index (χ1n) is 15.4. The highest BCUT2D eigenvalue weighted by Crippen LogP contribution is 2.42. The fourth-order valence-electron chi connectivity index (χ4n) is 7.29. The predicted molar refractivity (Wildman–Crippen MR) is 154 cm³/mol. The molecule has 1 spiro atoms. The molecule has 3 saturated heterocycles. The zero-order chi connectivity index (χ0) is 27.3. The van der Waals surface area contributed by atoms with Crippen molar-refractivity contribution >= 4 is 12.0 Å². The number of amides is 2. The van der Waals surface area contributed by atoms with Crippen LogP contribution in [0.2, 0.25) is 0 Å². The summed E-state index contributed by atoms with van der Waals surface area (Å²) in [6, 6.07) is 6.81. The van der Waals surface area contributed by atoms with Crippen molar-refractivity contribution < 1.29 is 14.3 Å². The highest BCUT2D eigenvalue weighted by molar-refractivity contribution is 5.97. The van der Waals surface area contributed by atoms with Gasteiger partial charge in [-0.1, -0.05) is 64.7 Å². The summed E-state index contributed by atoms with van der Waals surface area (Å²) in [5.41, 5.74) is 2.68. The second-order valence-corrected chi connectivity index (χ2v) is 12.1. The van der Waals surface area contributed by atoms with Gasteiger partial charge in [0.2, 0.25) is 0 Å². The molecule has 6 nitrogen and oxygen atoms in total.